The van der Waals surface area contributed by atoms with Crippen LogP contribution >= 0.6 is 0 Å². The van der Waals surface area contributed by atoms with Crippen LogP contribution in [0, 0.1) is 5.92 Å². The molecule has 0 unspecified atom stereocenters. The van der Waals surface area contributed by atoms with Crippen molar-refractivity contribution < 1.29 is 46.3 Å². The second kappa shape index (κ2) is 10.7. The smallest absolute Gasteiger partial charge is 0.338 e. The maximum absolute atomic E-state index is 12.4. The third-order valence-electron chi connectivity index (χ3n) is 3.60. The fourth-order valence-corrected chi connectivity index (χ4v) is 2.93. The van der Waals surface area contributed by atoms with Crippen LogP contribution in [0.1, 0.15) is 16.8 Å². The normalized spacial score (nSPS) is 13.5. The van der Waals surface area contributed by atoms with Crippen LogP contribution in [0.15, 0.2) is 30.3 Å². The Morgan fingerprint density at radius 1 is 1.00 bits per heavy atom. The molecule has 1 N–H and O–H groups in total. The van der Waals surface area contributed by atoms with Gasteiger partial charge in [-0.25, -0.2) is 4.79 Å². The zero-order valence-corrected chi connectivity index (χ0v) is 16.4. The Balaban J connectivity index is 3.19. The van der Waals surface area contributed by atoms with Gasteiger partial charge in [-0.3, -0.25) is 13.8 Å². The second-order valence-electron chi connectivity index (χ2n) is 5.67. The number of carbonyl (C=O) groups excluding carboxylic acids is 3. The minimum Gasteiger partial charge on any atom is -0.468 e. The molecule has 0 aromatic heterocycles. The van der Waals surface area contributed by atoms with E-state index in [1.54, 1.807) is 18.2 Å². The number of carbonyl (C=O) groups is 3. The molecule has 0 aliphatic carbocycles. The molecule has 2 atom stereocenters. The summed E-state index contributed by atoms with van der Waals surface area (Å²) in [6.07, 6.45) is -2.82. The van der Waals surface area contributed by atoms with Crippen LogP contribution in [0.25, 0.3) is 0 Å². The van der Waals surface area contributed by atoms with Crippen LogP contribution in [-0.2, 0) is 38.1 Å². The predicted octanol–water partition coefficient (Wildman–Crippen LogP) is -0.0986. The third kappa shape index (κ3) is 7.25. The number of hydrogen-bond acceptors (Lipinski definition) is 10. The number of benzene rings is 1. The molecule has 1 aromatic rings. The molecule has 1 rings (SSSR count). The number of methoxy groups -OCH3 is 2. The van der Waals surface area contributed by atoms with E-state index >= 15 is 0 Å². The highest BCUT2D eigenvalue weighted by atomic mass is 32.2. The summed E-state index contributed by atoms with van der Waals surface area (Å²) in [6, 6.07) is 7.72. The quantitative estimate of drug-likeness (QED) is 0.237. The summed E-state index contributed by atoms with van der Waals surface area (Å²) < 4.78 is 42.0. The molecule has 0 radical (unpaired) electrons. The average molecular weight is 418 g/mol. The Labute approximate surface area is 162 Å². The van der Waals surface area contributed by atoms with Crippen molar-refractivity contribution in [2.45, 2.75) is 18.6 Å². The van der Waals surface area contributed by atoms with Gasteiger partial charge < -0.3 is 19.3 Å². The van der Waals surface area contributed by atoms with Crippen molar-refractivity contribution in [1.82, 2.24) is 0 Å². The lowest BCUT2D eigenvalue weighted by molar-refractivity contribution is -0.161. The van der Waals surface area contributed by atoms with Crippen LogP contribution in [0.5, 0.6) is 0 Å². The number of aliphatic hydroxyl groups is 1. The van der Waals surface area contributed by atoms with Gasteiger partial charge in [0, 0.05) is 6.42 Å². The van der Waals surface area contributed by atoms with E-state index in [0.717, 1.165) is 20.5 Å². The number of esters is 3. The topological polar surface area (TPSA) is 142 Å². The van der Waals surface area contributed by atoms with Gasteiger partial charge in [0.15, 0.2) is 5.92 Å². The van der Waals surface area contributed by atoms with Crippen LogP contribution in [0.3, 0.4) is 0 Å². The molecular weight excluding hydrogens is 396 g/mol. The number of hydrogen-bond donors (Lipinski definition) is 1. The molecule has 0 aliphatic rings. The van der Waals surface area contributed by atoms with Gasteiger partial charge in [-0.1, -0.05) is 18.2 Å². The molecule has 0 saturated heterocycles. The Hall–Kier alpha value is -2.50. The molecule has 10 nitrogen and oxygen atoms in total. The Morgan fingerprint density at radius 3 is 1.96 bits per heavy atom. The fourth-order valence-electron chi connectivity index (χ4n) is 2.30. The van der Waals surface area contributed by atoms with Crippen molar-refractivity contribution in [3.8, 4) is 0 Å². The van der Waals surface area contributed by atoms with E-state index in [1.807, 2.05) is 0 Å². The van der Waals surface area contributed by atoms with Gasteiger partial charge in [-0.2, -0.15) is 8.42 Å². The van der Waals surface area contributed by atoms with Gasteiger partial charge in [0.1, 0.15) is 12.2 Å². The lowest BCUT2D eigenvalue weighted by Crippen LogP contribution is -2.42. The van der Waals surface area contributed by atoms with Crippen LogP contribution in [-0.4, -0.2) is 70.7 Å². The predicted molar refractivity (Wildman–Crippen MR) is 94.6 cm³/mol. The van der Waals surface area contributed by atoms with Crippen LogP contribution in [0.4, 0.5) is 0 Å². The van der Waals surface area contributed by atoms with Crippen molar-refractivity contribution in [3.63, 3.8) is 0 Å². The van der Waals surface area contributed by atoms with Gasteiger partial charge in [-0.05, 0) is 12.1 Å². The van der Waals surface area contributed by atoms with E-state index < -0.39 is 59.2 Å². The average Bonchev–Trinajstić information content (AvgIpc) is 2.67. The molecule has 0 bridgehead atoms. The molecule has 11 heteroatoms. The van der Waals surface area contributed by atoms with E-state index in [1.165, 1.54) is 12.1 Å². The first-order chi connectivity index (χ1) is 13.1. The molecule has 0 heterocycles. The number of rotatable bonds is 10. The highest BCUT2D eigenvalue weighted by Crippen LogP contribution is 2.20. The van der Waals surface area contributed by atoms with Crippen molar-refractivity contribution in [1.29, 1.82) is 0 Å². The summed E-state index contributed by atoms with van der Waals surface area (Å²) in [7, 11) is -1.97. The minimum absolute atomic E-state index is 0.135. The molecular formula is C17H22O10S. The fraction of sp³-hybridized carbons (Fsp3) is 0.471. The van der Waals surface area contributed by atoms with Crippen molar-refractivity contribution >= 4 is 28.0 Å². The molecule has 0 spiro atoms. The maximum atomic E-state index is 12.4. The highest BCUT2D eigenvalue weighted by Gasteiger charge is 2.38. The zero-order valence-electron chi connectivity index (χ0n) is 15.6. The Morgan fingerprint density at radius 2 is 1.54 bits per heavy atom. The van der Waals surface area contributed by atoms with E-state index in [2.05, 4.69) is 9.47 Å². The largest absolute Gasteiger partial charge is 0.468 e. The standard InChI is InChI=1S/C17H22O10S/c1-24-16(20)12(17(21)25-2)9-13(14(10-18)27-28(3,22)23)26-15(19)11-7-5-4-6-8-11/h4-8,12-14,18H,9-10H2,1-3H3/t13-,14+/m0/s1. The summed E-state index contributed by atoms with van der Waals surface area (Å²) in [5, 5.41) is 9.53. The van der Waals surface area contributed by atoms with Crippen LogP contribution < -0.4 is 0 Å². The maximum Gasteiger partial charge on any atom is 0.338 e. The first-order valence-electron chi connectivity index (χ1n) is 8.03. The van der Waals surface area contributed by atoms with Crippen LogP contribution in [0.2, 0.25) is 0 Å². The summed E-state index contributed by atoms with van der Waals surface area (Å²) in [5.74, 6) is -4.36. The van der Waals surface area contributed by atoms with E-state index in [0.29, 0.717) is 0 Å². The van der Waals surface area contributed by atoms with Gasteiger partial charge in [0.25, 0.3) is 10.1 Å². The van der Waals surface area contributed by atoms with E-state index in [9.17, 15) is 27.9 Å². The number of ether oxygens (including phenoxy) is 3. The molecule has 0 amide bonds. The van der Waals surface area contributed by atoms with Gasteiger partial charge >= 0.3 is 17.9 Å². The number of aliphatic hydroxyl groups excluding tert-OH is 1. The molecule has 0 aliphatic heterocycles. The Bertz CT molecular complexity index is 758. The lowest BCUT2D eigenvalue weighted by Gasteiger charge is -2.26. The lowest BCUT2D eigenvalue weighted by atomic mass is 9.98. The van der Waals surface area contributed by atoms with Gasteiger partial charge in [0.2, 0.25) is 0 Å². The van der Waals surface area contributed by atoms with E-state index in [-0.39, 0.29) is 5.56 Å². The van der Waals surface area contributed by atoms with Gasteiger partial charge in [-0.15, -0.1) is 0 Å². The summed E-state index contributed by atoms with van der Waals surface area (Å²) in [6.45, 7) is -0.866. The van der Waals surface area contributed by atoms with Crippen molar-refractivity contribution in [3.05, 3.63) is 35.9 Å². The van der Waals surface area contributed by atoms with Crippen molar-refractivity contribution in [2.75, 3.05) is 27.1 Å². The monoisotopic (exact) mass is 418 g/mol. The summed E-state index contributed by atoms with van der Waals surface area (Å²) in [4.78, 5) is 36.2. The summed E-state index contributed by atoms with van der Waals surface area (Å²) in [5.41, 5.74) is 0.135. The molecule has 28 heavy (non-hydrogen) atoms. The zero-order chi connectivity index (χ0) is 21.3. The molecule has 0 saturated carbocycles. The second-order valence-corrected chi connectivity index (χ2v) is 7.27. The molecule has 156 valence electrons. The molecule has 0 fully saturated rings. The first-order valence-corrected chi connectivity index (χ1v) is 9.85. The van der Waals surface area contributed by atoms with Crippen molar-refractivity contribution in [2.24, 2.45) is 5.92 Å². The van der Waals surface area contributed by atoms with Gasteiger partial charge in [0.05, 0.1) is 32.6 Å². The summed E-state index contributed by atoms with van der Waals surface area (Å²) >= 11 is 0. The first kappa shape index (κ1) is 23.5. The van der Waals surface area contributed by atoms with E-state index in [4.69, 9.17) is 8.92 Å². The highest BCUT2D eigenvalue weighted by molar-refractivity contribution is 7.86. The minimum atomic E-state index is -4.05. The SMILES string of the molecule is COC(=O)C(C[C@H](OC(=O)c1ccccc1)[C@@H](CO)OS(C)(=O)=O)C(=O)OC. The Kier molecular flexibility index (Phi) is 9.03. The molecule has 1 aromatic carbocycles. The third-order valence-corrected chi connectivity index (χ3v) is 4.20.